The van der Waals surface area contributed by atoms with Crippen LogP contribution in [0.3, 0.4) is 0 Å². The first kappa shape index (κ1) is 24.8. The predicted molar refractivity (Wildman–Crippen MR) is 149 cm³/mol. The van der Waals surface area contributed by atoms with Gasteiger partial charge in [0.25, 0.3) is 11.5 Å². The number of aromatic amines is 2. The van der Waals surface area contributed by atoms with Crippen LogP contribution in [0.15, 0.2) is 51.9 Å². The monoisotopic (exact) mass is 578 g/mol. The molecule has 2 aromatic heterocycles. The summed E-state index contributed by atoms with van der Waals surface area (Å²) in [5.74, 6) is 0.176. The number of hydrogen-bond donors (Lipinski definition) is 3. The van der Waals surface area contributed by atoms with Crippen molar-refractivity contribution < 1.29 is 9.18 Å². The zero-order valence-electron chi connectivity index (χ0n) is 20.8. The number of rotatable bonds is 8. The number of benzene rings is 2. The number of amides is 1. The van der Waals surface area contributed by atoms with Crippen molar-refractivity contribution in [2.45, 2.75) is 25.8 Å². The molecule has 10 heteroatoms. The molecule has 4 heterocycles. The lowest BCUT2D eigenvalue weighted by molar-refractivity contribution is 0.0763. The molecule has 196 valence electrons. The van der Waals surface area contributed by atoms with Gasteiger partial charge in [0.05, 0.1) is 16.7 Å². The van der Waals surface area contributed by atoms with E-state index in [0.29, 0.717) is 47.7 Å². The molecular weight excluding hydrogens is 551 g/mol. The van der Waals surface area contributed by atoms with Crippen LogP contribution in [-0.4, -0.2) is 63.4 Å². The molecule has 4 aromatic rings. The van der Waals surface area contributed by atoms with Crippen molar-refractivity contribution in [3.05, 3.63) is 79.9 Å². The Balaban J connectivity index is 1.21. The Morgan fingerprint density at radius 1 is 1.08 bits per heavy atom. The van der Waals surface area contributed by atoms with E-state index in [9.17, 15) is 14.0 Å². The molecule has 0 bridgehead atoms. The standard InChI is InChI=1S/C28H28BrFN6O2/c29-21-4-3-19(30)13-17(21)5-7-31-22-6-8-32-27(37)25(22)26-33-23-14-18-16-36(12-11-35-9-1-2-10-35)28(38)20(18)15-24(23)34-26/h3-4,6,8,13-15H,1-2,5,7,9-12,16H2,(H,33,34)(H2,31,32,37). The lowest BCUT2D eigenvalue weighted by atomic mass is 10.1. The number of hydrogen-bond acceptors (Lipinski definition) is 5. The van der Waals surface area contributed by atoms with E-state index in [4.69, 9.17) is 4.98 Å². The lowest BCUT2D eigenvalue weighted by Gasteiger charge is -2.20. The summed E-state index contributed by atoms with van der Waals surface area (Å²) in [5.41, 5.74) is 4.65. The summed E-state index contributed by atoms with van der Waals surface area (Å²) in [5, 5.41) is 3.30. The molecule has 2 aliphatic rings. The molecule has 2 aromatic carbocycles. The first-order valence-corrected chi connectivity index (χ1v) is 13.7. The van der Waals surface area contributed by atoms with Gasteiger partial charge in [-0.1, -0.05) is 15.9 Å². The third kappa shape index (κ3) is 4.86. The topological polar surface area (TPSA) is 97.1 Å². The summed E-state index contributed by atoms with van der Waals surface area (Å²) in [7, 11) is 0. The maximum atomic E-state index is 13.6. The van der Waals surface area contributed by atoms with Crippen LogP contribution < -0.4 is 10.9 Å². The van der Waals surface area contributed by atoms with E-state index in [1.165, 1.54) is 25.0 Å². The number of nitrogens with one attached hydrogen (secondary N) is 3. The number of pyridine rings is 1. The average Bonchev–Trinajstić information content (AvgIpc) is 3.63. The number of likely N-dealkylation sites (tertiary alicyclic amines) is 1. The van der Waals surface area contributed by atoms with Crippen molar-refractivity contribution >= 4 is 38.6 Å². The van der Waals surface area contributed by atoms with Gasteiger partial charge in [0.15, 0.2) is 0 Å². The fraction of sp³-hybridized carbons (Fsp3) is 0.321. The Bertz CT molecular complexity index is 1580. The Morgan fingerprint density at radius 3 is 2.76 bits per heavy atom. The van der Waals surface area contributed by atoms with Gasteiger partial charge < -0.3 is 25.1 Å². The van der Waals surface area contributed by atoms with E-state index in [1.54, 1.807) is 18.3 Å². The highest BCUT2D eigenvalue weighted by atomic mass is 79.9. The third-order valence-corrected chi connectivity index (χ3v) is 8.16. The minimum absolute atomic E-state index is 0.0362. The zero-order chi connectivity index (χ0) is 26.2. The van der Waals surface area contributed by atoms with Gasteiger partial charge in [-0.2, -0.15) is 0 Å². The Labute approximate surface area is 227 Å². The number of nitrogens with zero attached hydrogens (tertiary/aromatic N) is 3. The summed E-state index contributed by atoms with van der Waals surface area (Å²) >= 11 is 3.46. The summed E-state index contributed by atoms with van der Waals surface area (Å²) in [6.45, 7) is 4.93. The predicted octanol–water partition coefficient (Wildman–Crippen LogP) is 4.53. The Hall–Kier alpha value is -3.50. The first-order chi connectivity index (χ1) is 18.5. The molecule has 1 amide bonds. The van der Waals surface area contributed by atoms with Gasteiger partial charge in [0.1, 0.15) is 17.2 Å². The molecule has 1 fully saturated rings. The molecule has 0 unspecified atom stereocenters. The van der Waals surface area contributed by atoms with Gasteiger partial charge in [-0.15, -0.1) is 0 Å². The molecule has 6 rings (SSSR count). The van der Waals surface area contributed by atoms with Crippen molar-refractivity contribution in [3.63, 3.8) is 0 Å². The highest BCUT2D eigenvalue weighted by Gasteiger charge is 2.29. The number of H-pyrrole nitrogens is 2. The summed E-state index contributed by atoms with van der Waals surface area (Å²) in [4.78, 5) is 41.0. The van der Waals surface area contributed by atoms with Crippen molar-refractivity contribution in [2.75, 3.05) is 38.0 Å². The van der Waals surface area contributed by atoms with E-state index in [0.717, 1.165) is 47.3 Å². The molecular formula is C28H28BrFN6O2. The highest BCUT2D eigenvalue weighted by Crippen LogP contribution is 2.30. The third-order valence-electron chi connectivity index (χ3n) is 7.39. The Morgan fingerprint density at radius 2 is 1.92 bits per heavy atom. The number of carbonyl (C=O) groups is 1. The van der Waals surface area contributed by atoms with Crippen molar-refractivity contribution in [1.29, 1.82) is 0 Å². The lowest BCUT2D eigenvalue weighted by Crippen LogP contribution is -2.33. The van der Waals surface area contributed by atoms with E-state index >= 15 is 0 Å². The van der Waals surface area contributed by atoms with Crippen LogP contribution in [0.5, 0.6) is 0 Å². The highest BCUT2D eigenvalue weighted by molar-refractivity contribution is 9.10. The Kier molecular flexibility index (Phi) is 6.75. The van der Waals surface area contributed by atoms with Crippen molar-refractivity contribution in [1.82, 2.24) is 24.8 Å². The minimum Gasteiger partial charge on any atom is -0.384 e. The van der Waals surface area contributed by atoms with E-state index in [1.807, 2.05) is 17.0 Å². The van der Waals surface area contributed by atoms with Crippen LogP contribution in [0, 0.1) is 5.82 Å². The fourth-order valence-corrected chi connectivity index (χ4v) is 5.82. The molecule has 0 saturated carbocycles. The van der Waals surface area contributed by atoms with Crippen LogP contribution in [0.2, 0.25) is 0 Å². The van der Waals surface area contributed by atoms with Crippen molar-refractivity contribution in [3.8, 4) is 11.4 Å². The van der Waals surface area contributed by atoms with Crippen LogP contribution >= 0.6 is 15.9 Å². The second-order valence-corrected chi connectivity index (χ2v) is 10.7. The van der Waals surface area contributed by atoms with Gasteiger partial charge >= 0.3 is 0 Å². The molecule has 3 N–H and O–H groups in total. The molecule has 2 aliphatic heterocycles. The number of carbonyl (C=O) groups excluding carboxylic acids is 1. The van der Waals surface area contributed by atoms with E-state index < -0.39 is 0 Å². The number of halogens is 2. The SMILES string of the molecule is O=C1c2cc3nc(-c4c(NCCc5cc(F)ccc5Br)cc[nH]c4=O)[nH]c3cc2CN1CCN1CCCC1. The maximum Gasteiger partial charge on any atom is 0.261 e. The van der Waals surface area contributed by atoms with Gasteiger partial charge in [0, 0.05) is 42.4 Å². The van der Waals surface area contributed by atoms with Crippen LogP contribution in [0.25, 0.3) is 22.4 Å². The normalized spacial score (nSPS) is 15.5. The number of imidazole rings is 1. The zero-order valence-corrected chi connectivity index (χ0v) is 22.4. The van der Waals surface area contributed by atoms with Crippen molar-refractivity contribution in [2.24, 2.45) is 0 Å². The summed E-state index contributed by atoms with van der Waals surface area (Å²) in [6.07, 6.45) is 4.62. The maximum absolute atomic E-state index is 13.6. The average molecular weight is 579 g/mol. The van der Waals surface area contributed by atoms with Crippen LogP contribution in [-0.2, 0) is 13.0 Å². The summed E-state index contributed by atoms with van der Waals surface area (Å²) in [6, 6.07) is 10.2. The van der Waals surface area contributed by atoms with Gasteiger partial charge in [-0.25, -0.2) is 9.37 Å². The number of anilines is 1. The van der Waals surface area contributed by atoms with E-state index in [-0.39, 0.29) is 17.3 Å². The largest absolute Gasteiger partial charge is 0.384 e. The quantitative estimate of drug-likeness (QED) is 0.285. The van der Waals surface area contributed by atoms with Crippen LogP contribution in [0.1, 0.15) is 34.3 Å². The molecule has 8 nitrogen and oxygen atoms in total. The molecule has 0 radical (unpaired) electrons. The molecule has 0 spiro atoms. The number of aromatic nitrogens is 3. The fourth-order valence-electron chi connectivity index (χ4n) is 5.37. The second kappa shape index (κ2) is 10.3. The minimum atomic E-state index is -0.289. The molecule has 0 aliphatic carbocycles. The van der Waals surface area contributed by atoms with Gasteiger partial charge in [-0.3, -0.25) is 9.59 Å². The number of fused-ring (bicyclic) bond motifs is 2. The molecule has 38 heavy (non-hydrogen) atoms. The molecule has 0 atom stereocenters. The van der Waals surface area contributed by atoms with Gasteiger partial charge in [0.2, 0.25) is 0 Å². The first-order valence-electron chi connectivity index (χ1n) is 12.9. The van der Waals surface area contributed by atoms with Gasteiger partial charge in [-0.05, 0) is 79.9 Å². The van der Waals surface area contributed by atoms with Crippen LogP contribution in [0.4, 0.5) is 10.1 Å². The molecule has 1 saturated heterocycles. The summed E-state index contributed by atoms with van der Waals surface area (Å²) < 4.78 is 14.5. The smallest absolute Gasteiger partial charge is 0.261 e. The van der Waals surface area contributed by atoms with E-state index in [2.05, 4.69) is 36.1 Å². The second-order valence-electron chi connectivity index (χ2n) is 9.90.